The molecule has 2 aromatic carbocycles. The van der Waals surface area contributed by atoms with E-state index in [-0.39, 0.29) is 29.8 Å². The Morgan fingerprint density at radius 1 is 1.26 bits per heavy atom. The van der Waals surface area contributed by atoms with Gasteiger partial charge in [-0.15, -0.1) is 11.3 Å². The van der Waals surface area contributed by atoms with Gasteiger partial charge in [0, 0.05) is 17.3 Å². The molecule has 0 spiro atoms. The Hall–Kier alpha value is -3.26. The number of halogens is 1. The van der Waals surface area contributed by atoms with Gasteiger partial charge in [0.15, 0.2) is 5.75 Å². The summed E-state index contributed by atoms with van der Waals surface area (Å²) in [5, 5.41) is 15.5. The van der Waals surface area contributed by atoms with Crippen molar-refractivity contribution in [2.45, 2.75) is 13.5 Å². The number of aryl methyl sites for hydroxylation is 1. The molecule has 1 heterocycles. The Kier molecular flexibility index (Phi) is 5.46. The van der Waals surface area contributed by atoms with E-state index in [9.17, 15) is 19.3 Å². The largest absolute Gasteiger partial charge is 0.482 e. The lowest BCUT2D eigenvalue weighted by Gasteiger charge is -2.07. The third kappa shape index (κ3) is 4.48. The number of benzene rings is 2. The van der Waals surface area contributed by atoms with E-state index < -0.39 is 4.92 Å². The van der Waals surface area contributed by atoms with Crippen LogP contribution in [0.15, 0.2) is 53.9 Å². The van der Waals surface area contributed by atoms with Crippen molar-refractivity contribution >= 4 is 28.6 Å². The number of hydrogen-bond donors (Lipinski definition) is 1. The van der Waals surface area contributed by atoms with E-state index in [1.54, 1.807) is 30.5 Å². The molecule has 0 aliphatic carbocycles. The summed E-state index contributed by atoms with van der Waals surface area (Å²) < 4.78 is 18.7. The van der Waals surface area contributed by atoms with Crippen LogP contribution in [0.2, 0.25) is 0 Å². The minimum atomic E-state index is -0.507. The lowest BCUT2D eigenvalue weighted by Crippen LogP contribution is -2.11. The summed E-state index contributed by atoms with van der Waals surface area (Å²) >= 11 is 1.23. The zero-order chi connectivity index (χ0) is 19.4. The van der Waals surface area contributed by atoms with Crippen LogP contribution in [-0.2, 0) is 6.61 Å². The Labute approximate surface area is 158 Å². The maximum absolute atomic E-state index is 13.1. The summed E-state index contributed by atoms with van der Waals surface area (Å²) in [6.45, 7) is 1.81. The number of ether oxygens (including phenoxy) is 1. The van der Waals surface area contributed by atoms with Gasteiger partial charge in [0.1, 0.15) is 12.4 Å². The molecule has 0 aliphatic heterocycles. The molecule has 3 rings (SSSR count). The van der Waals surface area contributed by atoms with Crippen molar-refractivity contribution < 1.29 is 18.8 Å². The number of nitrogens with one attached hydrogen (secondary N) is 1. The molecule has 0 aliphatic rings. The molecular formula is C19H15FN2O4S. The molecule has 0 bridgehead atoms. The van der Waals surface area contributed by atoms with Crippen LogP contribution >= 0.6 is 11.3 Å². The predicted octanol–water partition coefficient (Wildman–Crippen LogP) is 4.94. The molecule has 27 heavy (non-hydrogen) atoms. The second-order valence-corrected chi connectivity index (χ2v) is 6.66. The molecule has 0 radical (unpaired) electrons. The van der Waals surface area contributed by atoms with Crippen LogP contribution in [0.4, 0.5) is 15.8 Å². The van der Waals surface area contributed by atoms with Crippen molar-refractivity contribution in [1.82, 2.24) is 0 Å². The van der Waals surface area contributed by atoms with Crippen molar-refractivity contribution in [1.29, 1.82) is 0 Å². The first kappa shape index (κ1) is 18.5. The van der Waals surface area contributed by atoms with Crippen molar-refractivity contribution in [2.75, 3.05) is 5.32 Å². The van der Waals surface area contributed by atoms with E-state index in [0.717, 1.165) is 5.56 Å². The summed E-state index contributed by atoms with van der Waals surface area (Å²) in [5.41, 5.74) is 1.77. The van der Waals surface area contributed by atoms with Crippen molar-refractivity contribution in [3.8, 4) is 5.75 Å². The quantitative estimate of drug-likeness (QED) is 0.481. The van der Waals surface area contributed by atoms with Gasteiger partial charge >= 0.3 is 5.69 Å². The first-order valence-electron chi connectivity index (χ1n) is 7.95. The third-order valence-corrected chi connectivity index (χ3v) is 4.75. The minimum Gasteiger partial charge on any atom is -0.482 e. The SMILES string of the molecule is Cc1cc(F)ccc1NC(=O)c1cc(COc2ccccc2[N+](=O)[O-])cs1. The number of nitro benzene ring substituents is 1. The minimum absolute atomic E-state index is 0.101. The molecule has 138 valence electrons. The molecular weight excluding hydrogens is 371 g/mol. The Morgan fingerprint density at radius 3 is 2.78 bits per heavy atom. The lowest BCUT2D eigenvalue weighted by atomic mass is 10.2. The van der Waals surface area contributed by atoms with E-state index in [1.807, 2.05) is 0 Å². The van der Waals surface area contributed by atoms with Gasteiger partial charge in [0.05, 0.1) is 9.80 Å². The number of hydrogen-bond acceptors (Lipinski definition) is 5. The van der Waals surface area contributed by atoms with E-state index in [4.69, 9.17) is 4.74 Å². The molecule has 0 atom stereocenters. The second kappa shape index (κ2) is 7.96. The van der Waals surface area contributed by atoms with Crippen LogP contribution in [0.3, 0.4) is 0 Å². The number of nitro groups is 1. The summed E-state index contributed by atoms with van der Waals surface area (Å²) in [7, 11) is 0. The smallest absolute Gasteiger partial charge is 0.310 e. The second-order valence-electron chi connectivity index (χ2n) is 5.75. The zero-order valence-electron chi connectivity index (χ0n) is 14.3. The van der Waals surface area contributed by atoms with Crippen molar-refractivity contribution in [3.63, 3.8) is 0 Å². The highest BCUT2D eigenvalue weighted by atomic mass is 32.1. The Balaban J connectivity index is 1.66. The van der Waals surface area contributed by atoms with E-state index in [2.05, 4.69) is 5.32 Å². The van der Waals surface area contributed by atoms with E-state index in [0.29, 0.717) is 16.1 Å². The van der Waals surface area contributed by atoms with Crippen LogP contribution in [-0.4, -0.2) is 10.8 Å². The van der Waals surface area contributed by atoms with Gasteiger partial charge in [-0.2, -0.15) is 0 Å². The number of carbonyl (C=O) groups is 1. The zero-order valence-corrected chi connectivity index (χ0v) is 15.1. The van der Waals surface area contributed by atoms with E-state index >= 15 is 0 Å². The van der Waals surface area contributed by atoms with Crippen LogP contribution in [0.1, 0.15) is 20.8 Å². The summed E-state index contributed by atoms with van der Waals surface area (Å²) in [5.74, 6) is -0.510. The highest BCUT2D eigenvalue weighted by Crippen LogP contribution is 2.27. The topological polar surface area (TPSA) is 81.5 Å². The fourth-order valence-electron chi connectivity index (χ4n) is 2.41. The molecule has 0 saturated heterocycles. The van der Waals surface area contributed by atoms with Gasteiger partial charge in [-0.25, -0.2) is 4.39 Å². The van der Waals surface area contributed by atoms with Gasteiger partial charge in [0.2, 0.25) is 0 Å². The Bertz CT molecular complexity index is 1000. The molecule has 1 amide bonds. The van der Waals surface area contributed by atoms with Gasteiger partial charge in [0.25, 0.3) is 5.91 Å². The molecule has 0 saturated carbocycles. The van der Waals surface area contributed by atoms with Crippen molar-refractivity contribution in [3.05, 3.63) is 85.8 Å². The van der Waals surface area contributed by atoms with Crippen molar-refractivity contribution in [2.24, 2.45) is 0 Å². The highest BCUT2D eigenvalue weighted by Gasteiger charge is 2.15. The number of amides is 1. The summed E-state index contributed by atoms with van der Waals surface area (Å²) in [6, 6.07) is 11.9. The normalized spacial score (nSPS) is 10.4. The van der Waals surface area contributed by atoms with Crippen LogP contribution in [0.5, 0.6) is 5.75 Å². The van der Waals surface area contributed by atoms with Gasteiger partial charge in [-0.05, 0) is 48.2 Å². The standard InChI is InChI=1S/C19H15FN2O4S/c1-12-8-14(20)6-7-15(12)21-19(23)18-9-13(11-27-18)10-26-17-5-3-2-4-16(17)22(24)25/h2-9,11H,10H2,1H3,(H,21,23). The fourth-order valence-corrected chi connectivity index (χ4v) is 3.20. The average Bonchev–Trinajstić information content (AvgIpc) is 3.11. The number of anilines is 1. The fraction of sp³-hybridized carbons (Fsp3) is 0.105. The number of para-hydroxylation sites is 2. The number of carbonyl (C=O) groups excluding carboxylic acids is 1. The molecule has 0 unspecified atom stereocenters. The summed E-state index contributed by atoms with van der Waals surface area (Å²) in [4.78, 5) is 23.3. The first-order valence-corrected chi connectivity index (χ1v) is 8.83. The molecule has 1 N–H and O–H groups in total. The van der Waals surface area contributed by atoms with Crippen LogP contribution in [0.25, 0.3) is 0 Å². The first-order chi connectivity index (χ1) is 12.9. The lowest BCUT2D eigenvalue weighted by molar-refractivity contribution is -0.385. The average molecular weight is 386 g/mol. The molecule has 8 heteroatoms. The molecule has 6 nitrogen and oxygen atoms in total. The molecule has 1 aromatic heterocycles. The number of thiophene rings is 1. The maximum Gasteiger partial charge on any atom is 0.310 e. The van der Waals surface area contributed by atoms with Gasteiger partial charge in [-0.3, -0.25) is 14.9 Å². The van der Waals surface area contributed by atoms with Crippen LogP contribution < -0.4 is 10.1 Å². The molecule has 3 aromatic rings. The maximum atomic E-state index is 13.1. The van der Waals surface area contributed by atoms with E-state index in [1.165, 1.54) is 41.7 Å². The number of nitrogens with zero attached hydrogens (tertiary/aromatic N) is 1. The molecule has 0 fully saturated rings. The monoisotopic (exact) mass is 386 g/mol. The highest BCUT2D eigenvalue weighted by molar-refractivity contribution is 7.12. The summed E-state index contributed by atoms with van der Waals surface area (Å²) in [6.07, 6.45) is 0. The third-order valence-electron chi connectivity index (χ3n) is 3.77. The number of rotatable bonds is 6. The predicted molar refractivity (Wildman–Crippen MR) is 101 cm³/mol. The van der Waals surface area contributed by atoms with Crippen LogP contribution in [0, 0.1) is 22.9 Å². The van der Waals surface area contributed by atoms with Gasteiger partial charge < -0.3 is 10.1 Å². The Morgan fingerprint density at radius 2 is 2.04 bits per heavy atom. The van der Waals surface area contributed by atoms with Gasteiger partial charge in [-0.1, -0.05) is 12.1 Å².